The van der Waals surface area contributed by atoms with Crippen molar-refractivity contribution in [1.82, 2.24) is 5.32 Å². The normalized spacial score (nSPS) is 28.8. The van der Waals surface area contributed by atoms with Crippen molar-refractivity contribution in [1.29, 1.82) is 0 Å². The Kier molecular flexibility index (Phi) is 2.91. The fraction of sp³-hybridized carbons (Fsp3) is 0.571. The topological polar surface area (TPSA) is 12.0 Å². The molecule has 86 valence electrons. The molecule has 2 aliphatic carbocycles. The van der Waals surface area contributed by atoms with Gasteiger partial charge in [0.25, 0.3) is 0 Å². The molecule has 1 aromatic rings. The first-order chi connectivity index (χ1) is 7.83. The van der Waals surface area contributed by atoms with Gasteiger partial charge in [-0.1, -0.05) is 29.8 Å². The van der Waals surface area contributed by atoms with Gasteiger partial charge in [0.05, 0.1) is 0 Å². The first-order valence-electron chi connectivity index (χ1n) is 6.30. The van der Waals surface area contributed by atoms with Gasteiger partial charge in [-0.05, 0) is 55.7 Å². The lowest BCUT2D eigenvalue weighted by Crippen LogP contribution is -2.41. The van der Waals surface area contributed by atoms with Crippen LogP contribution in [-0.4, -0.2) is 12.6 Å². The highest BCUT2D eigenvalue weighted by Crippen LogP contribution is 2.40. The monoisotopic (exact) mass is 235 g/mol. The third kappa shape index (κ3) is 2.26. The largest absolute Gasteiger partial charge is 0.314 e. The van der Waals surface area contributed by atoms with E-state index in [0.717, 1.165) is 17.0 Å². The van der Waals surface area contributed by atoms with Gasteiger partial charge in [-0.15, -0.1) is 0 Å². The molecule has 2 aliphatic rings. The second-order valence-corrected chi connectivity index (χ2v) is 5.65. The summed E-state index contributed by atoms with van der Waals surface area (Å²) < 4.78 is 0. The Bertz CT molecular complexity index is 367. The molecule has 0 unspecified atom stereocenters. The molecule has 0 spiro atoms. The number of hydrogen-bond acceptors (Lipinski definition) is 1. The molecule has 1 nitrogen and oxygen atoms in total. The van der Waals surface area contributed by atoms with Crippen LogP contribution in [-0.2, 0) is 0 Å². The fourth-order valence-corrected chi connectivity index (χ4v) is 2.79. The van der Waals surface area contributed by atoms with Gasteiger partial charge in [0.15, 0.2) is 0 Å². The summed E-state index contributed by atoms with van der Waals surface area (Å²) in [5.74, 6) is 1.67. The zero-order chi connectivity index (χ0) is 11.0. The lowest BCUT2D eigenvalue weighted by molar-refractivity contribution is 0.288. The molecule has 0 amide bonds. The van der Waals surface area contributed by atoms with Crippen molar-refractivity contribution >= 4 is 11.6 Å². The summed E-state index contributed by atoms with van der Waals surface area (Å²) in [7, 11) is 0. The third-order valence-electron chi connectivity index (χ3n) is 3.88. The third-order valence-corrected chi connectivity index (χ3v) is 4.22. The standard InChI is InChI=1S/C14H18ClN/c15-14-4-2-1-3-13(14)11-7-12(8-11)16-9-10-5-6-10/h1-4,10-12,16H,5-9H2. The van der Waals surface area contributed by atoms with Crippen LogP contribution in [0.3, 0.4) is 0 Å². The Morgan fingerprint density at radius 1 is 1.19 bits per heavy atom. The first kappa shape index (κ1) is 10.6. The molecule has 0 aliphatic heterocycles. The van der Waals surface area contributed by atoms with Gasteiger partial charge < -0.3 is 5.32 Å². The van der Waals surface area contributed by atoms with Crippen LogP contribution in [0.1, 0.15) is 37.2 Å². The first-order valence-corrected chi connectivity index (χ1v) is 6.68. The molecule has 0 atom stereocenters. The summed E-state index contributed by atoms with van der Waals surface area (Å²) in [6.07, 6.45) is 5.40. The molecular formula is C14H18ClN. The van der Waals surface area contributed by atoms with E-state index in [-0.39, 0.29) is 0 Å². The Hall–Kier alpha value is -0.530. The molecule has 2 saturated carbocycles. The maximum Gasteiger partial charge on any atom is 0.0440 e. The van der Waals surface area contributed by atoms with Crippen molar-refractivity contribution < 1.29 is 0 Å². The summed E-state index contributed by atoms with van der Waals surface area (Å²) in [5, 5.41) is 4.60. The summed E-state index contributed by atoms with van der Waals surface area (Å²) in [5.41, 5.74) is 1.34. The van der Waals surface area contributed by atoms with Crippen LogP contribution in [0.2, 0.25) is 5.02 Å². The Morgan fingerprint density at radius 2 is 1.94 bits per heavy atom. The molecule has 1 N–H and O–H groups in total. The second kappa shape index (κ2) is 4.38. The number of benzene rings is 1. The molecule has 16 heavy (non-hydrogen) atoms. The summed E-state index contributed by atoms with van der Waals surface area (Å²) in [4.78, 5) is 0. The summed E-state index contributed by atoms with van der Waals surface area (Å²) in [6, 6.07) is 9.01. The van der Waals surface area contributed by atoms with Crippen LogP contribution < -0.4 is 5.32 Å². The molecule has 0 bridgehead atoms. The van der Waals surface area contributed by atoms with E-state index in [1.807, 2.05) is 12.1 Å². The van der Waals surface area contributed by atoms with Crippen molar-refractivity contribution in [3.63, 3.8) is 0 Å². The minimum Gasteiger partial charge on any atom is -0.314 e. The Balaban J connectivity index is 1.50. The molecule has 0 radical (unpaired) electrons. The number of hydrogen-bond donors (Lipinski definition) is 1. The molecule has 1 aromatic carbocycles. The average Bonchev–Trinajstić information content (AvgIpc) is 3.02. The molecular weight excluding hydrogens is 218 g/mol. The summed E-state index contributed by atoms with van der Waals surface area (Å²) >= 11 is 6.20. The smallest absolute Gasteiger partial charge is 0.0440 e. The van der Waals surface area contributed by atoms with Crippen molar-refractivity contribution in [3.05, 3.63) is 34.9 Å². The quantitative estimate of drug-likeness (QED) is 0.841. The second-order valence-electron chi connectivity index (χ2n) is 5.24. The maximum atomic E-state index is 6.20. The van der Waals surface area contributed by atoms with Crippen molar-refractivity contribution in [2.45, 2.75) is 37.6 Å². The van der Waals surface area contributed by atoms with Crippen LogP contribution in [0, 0.1) is 5.92 Å². The highest BCUT2D eigenvalue weighted by molar-refractivity contribution is 6.31. The van der Waals surface area contributed by atoms with E-state index in [0.29, 0.717) is 5.92 Å². The SMILES string of the molecule is Clc1ccccc1C1CC(NCC2CC2)C1. The molecule has 2 fully saturated rings. The van der Waals surface area contributed by atoms with E-state index in [1.54, 1.807) is 0 Å². The maximum absolute atomic E-state index is 6.20. The Morgan fingerprint density at radius 3 is 2.62 bits per heavy atom. The van der Waals surface area contributed by atoms with Crippen LogP contribution >= 0.6 is 11.6 Å². The van der Waals surface area contributed by atoms with E-state index >= 15 is 0 Å². The Labute approximate surface area is 102 Å². The van der Waals surface area contributed by atoms with E-state index < -0.39 is 0 Å². The van der Waals surface area contributed by atoms with E-state index in [4.69, 9.17) is 11.6 Å². The number of rotatable bonds is 4. The zero-order valence-corrected chi connectivity index (χ0v) is 10.2. The van der Waals surface area contributed by atoms with Crippen LogP contribution in [0.4, 0.5) is 0 Å². The van der Waals surface area contributed by atoms with Gasteiger partial charge in [0.2, 0.25) is 0 Å². The lowest BCUT2D eigenvalue weighted by atomic mass is 9.76. The van der Waals surface area contributed by atoms with Gasteiger partial charge in [-0.3, -0.25) is 0 Å². The van der Waals surface area contributed by atoms with E-state index in [2.05, 4.69) is 17.4 Å². The minimum absolute atomic E-state index is 0.686. The van der Waals surface area contributed by atoms with E-state index in [1.165, 1.54) is 37.8 Å². The molecule has 2 heteroatoms. The lowest BCUT2D eigenvalue weighted by Gasteiger charge is -2.37. The number of nitrogens with one attached hydrogen (secondary N) is 1. The van der Waals surface area contributed by atoms with Gasteiger partial charge >= 0.3 is 0 Å². The predicted octanol–water partition coefficient (Wildman–Crippen LogP) is 3.59. The van der Waals surface area contributed by atoms with Crippen LogP contribution in [0.25, 0.3) is 0 Å². The zero-order valence-electron chi connectivity index (χ0n) is 9.45. The molecule has 0 aromatic heterocycles. The van der Waals surface area contributed by atoms with Crippen LogP contribution in [0.5, 0.6) is 0 Å². The van der Waals surface area contributed by atoms with Gasteiger partial charge in [0, 0.05) is 11.1 Å². The fourth-order valence-electron chi connectivity index (χ4n) is 2.50. The molecule has 3 rings (SSSR count). The van der Waals surface area contributed by atoms with E-state index in [9.17, 15) is 0 Å². The highest BCUT2D eigenvalue weighted by Gasteiger charge is 2.32. The van der Waals surface area contributed by atoms with Gasteiger partial charge in [-0.25, -0.2) is 0 Å². The van der Waals surface area contributed by atoms with Crippen molar-refractivity contribution in [3.8, 4) is 0 Å². The predicted molar refractivity (Wildman–Crippen MR) is 67.9 cm³/mol. The van der Waals surface area contributed by atoms with Crippen molar-refractivity contribution in [2.24, 2.45) is 5.92 Å². The molecule has 0 heterocycles. The highest BCUT2D eigenvalue weighted by atomic mass is 35.5. The van der Waals surface area contributed by atoms with Crippen LogP contribution in [0.15, 0.2) is 24.3 Å². The average molecular weight is 236 g/mol. The van der Waals surface area contributed by atoms with Gasteiger partial charge in [-0.2, -0.15) is 0 Å². The van der Waals surface area contributed by atoms with Gasteiger partial charge in [0.1, 0.15) is 0 Å². The molecule has 0 saturated heterocycles. The number of halogens is 1. The summed E-state index contributed by atoms with van der Waals surface area (Å²) in [6.45, 7) is 1.24. The minimum atomic E-state index is 0.686. The van der Waals surface area contributed by atoms with Crippen molar-refractivity contribution in [2.75, 3.05) is 6.54 Å².